The van der Waals surface area contributed by atoms with Crippen molar-refractivity contribution < 1.29 is 24.2 Å². The molecule has 2 aromatic heterocycles. The Labute approximate surface area is 206 Å². The fourth-order valence-corrected chi connectivity index (χ4v) is 4.76. The van der Waals surface area contributed by atoms with Crippen LogP contribution in [0.3, 0.4) is 0 Å². The van der Waals surface area contributed by atoms with Crippen LogP contribution in [-0.4, -0.2) is 31.9 Å². The molecule has 172 valence electrons. The predicted octanol–water partition coefficient (Wildman–Crippen LogP) is 5.56. The van der Waals surface area contributed by atoms with Gasteiger partial charge in [0.1, 0.15) is 11.3 Å². The second-order valence-electron chi connectivity index (χ2n) is 8.13. The van der Waals surface area contributed by atoms with Crippen molar-refractivity contribution >= 4 is 55.6 Å². The van der Waals surface area contributed by atoms with Gasteiger partial charge in [-0.1, -0.05) is 40.2 Å². The third kappa shape index (κ3) is 3.39. The number of phenols is 1. The number of halogens is 1. The summed E-state index contributed by atoms with van der Waals surface area (Å²) in [6.07, 6.45) is 0. The molecule has 1 amide bonds. The summed E-state index contributed by atoms with van der Waals surface area (Å²) < 4.78 is 6.58. The van der Waals surface area contributed by atoms with Crippen molar-refractivity contribution in [1.29, 1.82) is 0 Å². The number of rotatable bonds is 4. The van der Waals surface area contributed by atoms with E-state index in [9.17, 15) is 19.8 Å². The Morgan fingerprint density at radius 2 is 1.86 bits per heavy atom. The highest BCUT2D eigenvalue weighted by molar-refractivity contribution is 9.10. The number of aromatic hydroxyl groups is 1. The zero-order valence-corrected chi connectivity index (χ0v) is 19.5. The molecule has 0 spiro atoms. The van der Waals surface area contributed by atoms with Crippen LogP contribution in [0.5, 0.6) is 5.75 Å². The van der Waals surface area contributed by atoms with Crippen molar-refractivity contribution in [2.24, 2.45) is 0 Å². The van der Waals surface area contributed by atoms with Crippen LogP contribution in [0.25, 0.3) is 22.0 Å². The number of carbonyl (C=O) groups is 2. The van der Waals surface area contributed by atoms with Gasteiger partial charge in [0.25, 0.3) is 5.91 Å². The van der Waals surface area contributed by atoms with Crippen LogP contribution in [0.15, 0.2) is 93.0 Å². The summed E-state index contributed by atoms with van der Waals surface area (Å²) in [5.74, 6) is -2.05. The van der Waals surface area contributed by atoms with E-state index in [1.165, 1.54) is 17.0 Å². The molecule has 3 N–H and O–H groups in total. The van der Waals surface area contributed by atoms with Gasteiger partial charge in [0.2, 0.25) is 11.7 Å². The molecule has 0 fully saturated rings. The molecule has 0 aliphatic carbocycles. The molecule has 6 rings (SSSR count). The fraction of sp³-hybridized carbons (Fsp3) is 0.0385. The molecule has 0 bridgehead atoms. The average Bonchev–Trinajstić information content (AvgIpc) is 3.52. The van der Waals surface area contributed by atoms with E-state index in [0.717, 1.165) is 4.47 Å². The lowest BCUT2D eigenvalue weighted by molar-refractivity contribution is -0.117. The Bertz CT molecular complexity index is 1670. The highest BCUT2D eigenvalue weighted by Crippen LogP contribution is 2.42. The minimum absolute atomic E-state index is 0.0240. The number of fused-ring (bicyclic) bond motifs is 2. The number of para-hydroxylation sites is 2. The number of aromatic amines is 1. The number of hydrogen-bond acceptors (Lipinski definition) is 6. The normalized spacial score (nSPS) is 16.1. The first-order chi connectivity index (χ1) is 16.9. The molecule has 35 heavy (non-hydrogen) atoms. The van der Waals surface area contributed by atoms with E-state index in [-0.39, 0.29) is 23.0 Å². The Morgan fingerprint density at radius 1 is 1.03 bits per heavy atom. The van der Waals surface area contributed by atoms with Crippen molar-refractivity contribution in [2.45, 2.75) is 6.04 Å². The molecule has 1 atom stereocenters. The topological polar surface area (TPSA) is 120 Å². The number of phenolic OH excluding ortho intramolecular Hbond substituents is 1. The lowest BCUT2D eigenvalue weighted by Gasteiger charge is -2.24. The van der Waals surface area contributed by atoms with E-state index < -0.39 is 23.5 Å². The van der Waals surface area contributed by atoms with E-state index >= 15 is 0 Å². The number of carbonyl (C=O) groups excluding carboxylic acids is 2. The standard InChI is InChI=1S/C26H16BrN3O5/c27-15-8-9-19-14(10-15)12-20(35-19)23(32)21-22(13-4-3-5-16(31)11-13)30(25(34)24(21)33)26-28-17-6-1-2-7-18(17)29-26/h1-12,22,31,33H,(H,28,29). The number of ketones is 1. The van der Waals surface area contributed by atoms with Crippen LogP contribution >= 0.6 is 15.9 Å². The van der Waals surface area contributed by atoms with Crippen molar-refractivity contribution in [3.05, 3.63) is 99.9 Å². The van der Waals surface area contributed by atoms with Gasteiger partial charge < -0.3 is 19.6 Å². The number of imidazole rings is 1. The highest BCUT2D eigenvalue weighted by Gasteiger charge is 2.46. The van der Waals surface area contributed by atoms with E-state index in [1.807, 2.05) is 18.2 Å². The quantitative estimate of drug-likeness (QED) is 0.262. The number of aliphatic hydroxyl groups is 1. The van der Waals surface area contributed by atoms with Crippen molar-refractivity contribution in [3.63, 3.8) is 0 Å². The number of aliphatic hydroxyl groups excluding tert-OH is 1. The summed E-state index contributed by atoms with van der Waals surface area (Å²) in [5, 5.41) is 21.7. The summed E-state index contributed by atoms with van der Waals surface area (Å²) in [7, 11) is 0. The Kier molecular flexibility index (Phi) is 4.75. The lowest BCUT2D eigenvalue weighted by atomic mass is 9.95. The molecule has 0 saturated heterocycles. The van der Waals surface area contributed by atoms with Gasteiger partial charge in [0.05, 0.1) is 22.6 Å². The largest absolute Gasteiger partial charge is 0.508 e. The molecule has 1 unspecified atom stereocenters. The minimum Gasteiger partial charge on any atom is -0.508 e. The third-order valence-electron chi connectivity index (χ3n) is 5.95. The second kappa shape index (κ2) is 7.85. The maximum absolute atomic E-state index is 13.7. The zero-order chi connectivity index (χ0) is 24.3. The van der Waals surface area contributed by atoms with Gasteiger partial charge >= 0.3 is 0 Å². The smallest absolute Gasteiger partial charge is 0.296 e. The first kappa shape index (κ1) is 21.2. The number of hydrogen-bond donors (Lipinski definition) is 3. The molecule has 1 aliphatic rings. The molecule has 3 aromatic carbocycles. The summed E-state index contributed by atoms with van der Waals surface area (Å²) in [5.41, 5.74) is 2.05. The summed E-state index contributed by atoms with van der Waals surface area (Å²) in [6, 6.07) is 19.2. The molecule has 3 heterocycles. The summed E-state index contributed by atoms with van der Waals surface area (Å²) >= 11 is 3.40. The SMILES string of the molecule is O=C(C1=C(O)C(=O)N(c2nc3ccccc3[nH]2)C1c1cccc(O)c1)c1cc2cc(Br)ccc2o1. The van der Waals surface area contributed by atoms with Gasteiger partial charge in [-0.15, -0.1) is 0 Å². The van der Waals surface area contributed by atoms with Crippen LogP contribution in [0.4, 0.5) is 5.95 Å². The summed E-state index contributed by atoms with van der Waals surface area (Å²) in [6.45, 7) is 0. The third-order valence-corrected chi connectivity index (χ3v) is 6.44. The van der Waals surface area contributed by atoms with Crippen LogP contribution < -0.4 is 4.90 Å². The van der Waals surface area contributed by atoms with Crippen LogP contribution in [-0.2, 0) is 4.79 Å². The monoisotopic (exact) mass is 529 g/mol. The molecule has 8 nitrogen and oxygen atoms in total. The van der Waals surface area contributed by atoms with Gasteiger partial charge in [-0.3, -0.25) is 14.5 Å². The highest BCUT2D eigenvalue weighted by atomic mass is 79.9. The molecular formula is C26H16BrN3O5. The summed E-state index contributed by atoms with van der Waals surface area (Å²) in [4.78, 5) is 35.8. The average molecular weight is 530 g/mol. The maximum Gasteiger partial charge on any atom is 0.296 e. The molecule has 1 aliphatic heterocycles. The van der Waals surface area contributed by atoms with E-state index in [1.54, 1.807) is 42.5 Å². The Hall–Kier alpha value is -4.37. The minimum atomic E-state index is -1.05. The maximum atomic E-state index is 13.7. The van der Waals surface area contributed by atoms with Crippen LogP contribution in [0.1, 0.15) is 22.2 Å². The van der Waals surface area contributed by atoms with Gasteiger partial charge in [-0.2, -0.15) is 0 Å². The number of furan rings is 1. The van der Waals surface area contributed by atoms with Gasteiger partial charge in [0, 0.05) is 9.86 Å². The first-order valence-corrected chi connectivity index (χ1v) is 11.4. The zero-order valence-electron chi connectivity index (χ0n) is 17.9. The molecule has 5 aromatic rings. The van der Waals surface area contributed by atoms with Crippen molar-refractivity contribution in [2.75, 3.05) is 4.90 Å². The number of amides is 1. The number of anilines is 1. The van der Waals surface area contributed by atoms with E-state index in [0.29, 0.717) is 27.6 Å². The lowest BCUT2D eigenvalue weighted by Crippen LogP contribution is -2.32. The van der Waals surface area contributed by atoms with Crippen LogP contribution in [0, 0.1) is 0 Å². The van der Waals surface area contributed by atoms with Gasteiger partial charge in [0.15, 0.2) is 11.5 Å². The number of nitrogens with zero attached hydrogens (tertiary/aromatic N) is 2. The number of nitrogens with one attached hydrogen (secondary N) is 1. The van der Waals surface area contributed by atoms with Gasteiger partial charge in [-0.25, -0.2) is 4.98 Å². The fourth-order valence-electron chi connectivity index (χ4n) is 4.38. The number of aromatic nitrogens is 2. The number of Topliss-reactive ketones (excluding diaryl/α,β-unsaturated/α-hetero) is 1. The first-order valence-electron chi connectivity index (χ1n) is 10.6. The second-order valence-corrected chi connectivity index (χ2v) is 9.05. The predicted molar refractivity (Wildman–Crippen MR) is 132 cm³/mol. The van der Waals surface area contributed by atoms with Crippen LogP contribution in [0.2, 0.25) is 0 Å². The Morgan fingerprint density at radius 3 is 2.66 bits per heavy atom. The van der Waals surface area contributed by atoms with Crippen molar-refractivity contribution in [1.82, 2.24) is 9.97 Å². The number of H-pyrrole nitrogens is 1. The Balaban J connectivity index is 1.52. The van der Waals surface area contributed by atoms with Gasteiger partial charge in [-0.05, 0) is 54.1 Å². The van der Waals surface area contributed by atoms with E-state index in [4.69, 9.17) is 4.42 Å². The van der Waals surface area contributed by atoms with Crippen molar-refractivity contribution in [3.8, 4) is 5.75 Å². The molecule has 0 saturated carbocycles. The van der Waals surface area contributed by atoms with E-state index in [2.05, 4.69) is 25.9 Å². The molecule has 0 radical (unpaired) electrons. The molecule has 9 heteroatoms. The molecular weight excluding hydrogens is 514 g/mol. The number of benzene rings is 3.